The summed E-state index contributed by atoms with van der Waals surface area (Å²) in [7, 11) is 0. The lowest BCUT2D eigenvalue weighted by molar-refractivity contribution is 0.112. The Balaban J connectivity index is 2.32. The summed E-state index contributed by atoms with van der Waals surface area (Å²) in [5.74, 6) is 0.493. The summed E-state index contributed by atoms with van der Waals surface area (Å²) in [6, 6.07) is 9.91. The number of hydrogen-bond acceptors (Lipinski definition) is 2. The highest BCUT2D eigenvalue weighted by Crippen LogP contribution is 2.30. The van der Waals surface area contributed by atoms with Crippen molar-refractivity contribution >= 4 is 6.29 Å². The van der Waals surface area contributed by atoms with Gasteiger partial charge in [-0.05, 0) is 41.7 Å². The van der Waals surface area contributed by atoms with E-state index in [2.05, 4.69) is 26.8 Å². The third-order valence-corrected chi connectivity index (χ3v) is 3.30. The second kappa shape index (κ2) is 5.68. The second-order valence-electron chi connectivity index (χ2n) is 6.17. The van der Waals surface area contributed by atoms with E-state index in [9.17, 15) is 9.18 Å². The van der Waals surface area contributed by atoms with Crippen molar-refractivity contribution < 1.29 is 13.9 Å². The Hall–Kier alpha value is -2.16. The van der Waals surface area contributed by atoms with Crippen LogP contribution in [0, 0.1) is 12.7 Å². The summed E-state index contributed by atoms with van der Waals surface area (Å²) in [6.45, 7) is 8.38. The van der Waals surface area contributed by atoms with E-state index in [0.717, 1.165) is 5.56 Å². The predicted octanol–water partition coefficient (Wildman–Crippen LogP) is 5.04. The van der Waals surface area contributed by atoms with Crippen LogP contribution in [0.25, 0.3) is 0 Å². The number of hydrogen-bond donors (Lipinski definition) is 0. The Morgan fingerprint density at radius 3 is 2.38 bits per heavy atom. The van der Waals surface area contributed by atoms with E-state index < -0.39 is 5.82 Å². The van der Waals surface area contributed by atoms with E-state index in [4.69, 9.17) is 4.74 Å². The topological polar surface area (TPSA) is 26.3 Å². The molecule has 0 N–H and O–H groups in total. The monoisotopic (exact) mass is 286 g/mol. The number of carbonyl (C=O) groups excluding carboxylic acids is 1. The van der Waals surface area contributed by atoms with Gasteiger partial charge in [-0.1, -0.05) is 32.9 Å². The molecule has 0 aliphatic rings. The van der Waals surface area contributed by atoms with Crippen LogP contribution < -0.4 is 4.74 Å². The van der Waals surface area contributed by atoms with E-state index >= 15 is 0 Å². The van der Waals surface area contributed by atoms with Crippen molar-refractivity contribution in [2.24, 2.45) is 0 Å². The van der Waals surface area contributed by atoms with Crippen LogP contribution in [0.2, 0.25) is 0 Å². The number of halogens is 1. The Kier molecular flexibility index (Phi) is 4.12. The molecule has 2 nitrogen and oxygen atoms in total. The van der Waals surface area contributed by atoms with Gasteiger partial charge in [0.05, 0.1) is 0 Å². The van der Waals surface area contributed by atoms with Crippen LogP contribution in [0.5, 0.6) is 11.5 Å². The van der Waals surface area contributed by atoms with Gasteiger partial charge in [-0.25, -0.2) is 4.39 Å². The van der Waals surface area contributed by atoms with Crippen molar-refractivity contribution in [3.05, 3.63) is 58.9 Å². The molecule has 0 saturated carbocycles. The minimum absolute atomic E-state index is 0.0623. The largest absolute Gasteiger partial charge is 0.457 e. The zero-order chi connectivity index (χ0) is 15.6. The Morgan fingerprint density at radius 1 is 1.10 bits per heavy atom. The van der Waals surface area contributed by atoms with Crippen LogP contribution in [0.1, 0.15) is 42.3 Å². The smallest absolute Gasteiger partial charge is 0.150 e. The first-order valence-electron chi connectivity index (χ1n) is 6.84. The van der Waals surface area contributed by atoms with E-state index in [1.165, 1.54) is 23.8 Å². The minimum Gasteiger partial charge on any atom is -0.457 e. The number of carbonyl (C=O) groups is 1. The van der Waals surface area contributed by atoms with Gasteiger partial charge in [0, 0.05) is 11.6 Å². The number of aryl methyl sites for hydroxylation is 1. The molecule has 110 valence electrons. The SMILES string of the molecule is Cc1cc(C(C)(C)C)ccc1Oc1cc(F)cc(C=O)c1. The van der Waals surface area contributed by atoms with Crippen LogP contribution in [0.15, 0.2) is 36.4 Å². The lowest BCUT2D eigenvalue weighted by atomic mass is 9.86. The predicted molar refractivity (Wildman–Crippen MR) is 81.7 cm³/mol. The average molecular weight is 286 g/mol. The molecule has 0 aromatic heterocycles. The van der Waals surface area contributed by atoms with Crippen molar-refractivity contribution in [3.63, 3.8) is 0 Å². The third kappa shape index (κ3) is 3.69. The highest BCUT2D eigenvalue weighted by atomic mass is 19.1. The Morgan fingerprint density at radius 2 is 1.81 bits per heavy atom. The molecule has 0 amide bonds. The zero-order valence-electron chi connectivity index (χ0n) is 12.7. The van der Waals surface area contributed by atoms with E-state index in [-0.39, 0.29) is 11.0 Å². The van der Waals surface area contributed by atoms with Crippen LogP contribution in [0.3, 0.4) is 0 Å². The maximum atomic E-state index is 13.4. The molecule has 0 aliphatic heterocycles. The average Bonchev–Trinajstić information content (AvgIpc) is 2.39. The fourth-order valence-electron chi connectivity index (χ4n) is 2.07. The van der Waals surface area contributed by atoms with Crippen LogP contribution in [0.4, 0.5) is 4.39 Å². The quantitative estimate of drug-likeness (QED) is 0.739. The normalized spacial score (nSPS) is 11.3. The number of benzene rings is 2. The highest BCUT2D eigenvalue weighted by Gasteiger charge is 2.15. The summed E-state index contributed by atoms with van der Waals surface area (Å²) < 4.78 is 19.1. The van der Waals surface area contributed by atoms with Crippen molar-refractivity contribution in [2.45, 2.75) is 33.1 Å². The van der Waals surface area contributed by atoms with Gasteiger partial charge in [0.25, 0.3) is 0 Å². The standard InChI is InChI=1S/C18H19FO2/c1-12-7-14(18(2,3)4)5-6-17(12)21-16-9-13(11-20)8-15(19)10-16/h5-11H,1-4H3. The number of rotatable bonds is 3. The van der Waals surface area contributed by atoms with Crippen LogP contribution in [-0.2, 0) is 5.41 Å². The molecule has 0 heterocycles. The van der Waals surface area contributed by atoms with Crippen LogP contribution >= 0.6 is 0 Å². The van der Waals surface area contributed by atoms with Gasteiger partial charge in [-0.2, -0.15) is 0 Å². The van der Waals surface area contributed by atoms with Crippen molar-refractivity contribution in [3.8, 4) is 11.5 Å². The molecule has 0 saturated heterocycles. The van der Waals surface area contributed by atoms with Gasteiger partial charge in [0.1, 0.15) is 23.6 Å². The molecule has 2 aromatic rings. The maximum absolute atomic E-state index is 13.4. The van der Waals surface area contributed by atoms with Gasteiger partial charge in [-0.3, -0.25) is 4.79 Å². The first-order valence-corrected chi connectivity index (χ1v) is 6.84. The Bertz CT molecular complexity index is 669. The van der Waals surface area contributed by atoms with Gasteiger partial charge in [0.2, 0.25) is 0 Å². The summed E-state index contributed by atoms with van der Waals surface area (Å²) in [4.78, 5) is 10.8. The molecular formula is C18H19FO2. The van der Waals surface area contributed by atoms with Gasteiger partial charge in [0.15, 0.2) is 0 Å². The highest BCUT2D eigenvalue weighted by molar-refractivity contribution is 5.75. The zero-order valence-corrected chi connectivity index (χ0v) is 12.7. The second-order valence-corrected chi connectivity index (χ2v) is 6.17. The van der Waals surface area contributed by atoms with Crippen molar-refractivity contribution in [1.82, 2.24) is 0 Å². The minimum atomic E-state index is -0.487. The van der Waals surface area contributed by atoms with E-state index in [1.54, 1.807) is 0 Å². The summed E-state index contributed by atoms with van der Waals surface area (Å²) in [5, 5.41) is 0. The van der Waals surface area contributed by atoms with Crippen LogP contribution in [-0.4, -0.2) is 6.29 Å². The lowest BCUT2D eigenvalue weighted by Gasteiger charge is -2.20. The van der Waals surface area contributed by atoms with Gasteiger partial charge in [-0.15, -0.1) is 0 Å². The van der Waals surface area contributed by atoms with Crippen molar-refractivity contribution in [1.29, 1.82) is 0 Å². The number of ether oxygens (including phenoxy) is 1. The first-order chi connectivity index (χ1) is 9.79. The van der Waals surface area contributed by atoms with E-state index in [0.29, 0.717) is 17.8 Å². The molecule has 0 bridgehead atoms. The first kappa shape index (κ1) is 15.2. The molecule has 0 atom stereocenters. The molecule has 0 radical (unpaired) electrons. The summed E-state index contributed by atoms with van der Waals surface area (Å²) in [6.07, 6.45) is 0.603. The molecular weight excluding hydrogens is 267 g/mol. The van der Waals surface area contributed by atoms with E-state index in [1.807, 2.05) is 19.1 Å². The van der Waals surface area contributed by atoms with Crippen molar-refractivity contribution in [2.75, 3.05) is 0 Å². The molecule has 2 rings (SSSR count). The molecule has 2 aromatic carbocycles. The maximum Gasteiger partial charge on any atom is 0.150 e. The lowest BCUT2D eigenvalue weighted by Crippen LogP contribution is -2.11. The summed E-state index contributed by atoms with van der Waals surface area (Å²) in [5.41, 5.74) is 2.50. The fourth-order valence-corrected chi connectivity index (χ4v) is 2.07. The molecule has 0 aliphatic carbocycles. The summed E-state index contributed by atoms with van der Waals surface area (Å²) >= 11 is 0. The molecule has 0 fully saturated rings. The molecule has 21 heavy (non-hydrogen) atoms. The Labute approximate surface area is 124 Å². The molecule has 0 spiro atoms. The number of aldehydes is 1. The van der Waals surface area contributed by atoms with Gasteiger partial charge >= 0.3 is 0 Å². The fraction of sp³-hybridized carbons (Fsp3) is 0.278. The molecule has 0 unspecified atom stereocenters. The van der Waals surface area contributed by atoms with Gasteiger partial charge < -0.3 is 4.74 Å². The molecule has 3 heteroatoms. The third-order valence-electron chi connectivity index (χ3n) is 3.30.